The summed E-state index contributed by atoms with van der Waals surface area (Å²) in [5.41, 5.74) is 0.997. The maximum atomic E-state index is 14.7. The maximum absolute atomic E-state index is 14.7. The van der Waals surface area contributed by atoms with Crippen LogP contribution in [0.15, 0.2) is 91.5 Å². The average Bonchev–Trinajstić information content (AvgIpc) is 2.99. The fourth-order valence-corrected chi connectivity index (χ4v) is 6.91. The maximum Gasteiger partial charge on any atom is 0.338 e. The molecule has 4 rings (SSSR count). The molecule has 9 heteroatoms. The zero-order valence-electron chi connectivity index (χ0n) is 23.3. The van der Waals surface area contributed by atoms with E-state index >= 15 is 0 Å². The monoisotopic (exact) mass is 596 g/mol. The quantitative estimate of drug-likeness (QED) is 0.0468. The predicted molar refractivity (Wildman–Crippen MR) is 167 cm³/mol. The summed E-state index contributed by atoms with van der Waals surface area (Å²) in [7, 11) is -0.632. The molecule has 0 heterocycles. The molecule has 0 spiro atoms. The van der Waals surface area contributed by atoms with Crippen LogP contribution in [-0.2, 0) is 25.0 Å². The Morgan fingerprint density at radius 2 is 1.79 bits per heavy atom. The molecule has 7 nitrogen and oxygen atoms in total. The van der Waals surface area contributed by atoms with Gasteiger partial charge in [-0.2, -0.15) is 0 Å². The van der Waals surface area contributed by atoms with Crippen LogP contribution < -0.4 is 9.61 Å². The average molecular weight is 597 g/mol. The summed E-state index contributed by atoms with van der Waals surface area (Å²) in [4.78, 5) is 25.4. The van der Waals surface area contributed by atoms with Crippen LogP contribution in [0.5, 0.6) is 5.75 Å². The topological polar surface area (TPSA) is 90.9 Å². The second-order valence-electron chi connectivity index (χ2n) is 9.68. The Balaban J connectivity index is 1.72. The van der Waals surface area contributed by atoms with E-state index in [4.69, 9.17) is 20.4 Å². The number of hydrogen-bond acceptors (Lipinski definition) is 6. The van der Waals surface area contributed by atoms with E-state index in [0.29, 0.717) is 23.3 Å². The number of rotatable bonds is 13. The van der Waals surface area contributed by atoms with Gasteiger partial charge in [0.2, 0.25) is 0 Å². The third kappa shape index (κ3) is 7.37. The molecule has 0 aliphatic rings. The van der Waals surface area contributed by atoms with Crippen molar-refractivity contribution in [1.82, 2.24) is 5.09 Å². The van der Waals surface area contributed by atoms with Gasteiger partial charge in [0.1, 0.15) is 12.4 Å². The molecule has 1 unspecified atom stereocenters. The summed E-state index contributed by atoms with van der Waals surface area (Å²) < 4.78 is 31.4. The van der Waals surface area contributed by atoms with E-state index < -0.39 is 24.6 Å². The number of carbonyl (C=O) groups excluding carboxylic acids is 2. The van der Waals surface area contributed by atoms with Gasteiger partial charge in [0.05, 0.1) is 28.6 Å². The van der Waals surface area contributed by atoms with Crippen molar-refractivity contribution in [3.63, 3.8) is 0 Å². The van der Waals surface area contributed by atoms with Gasteiger partial charge >= 0.3 is 19.5 Å². The van der Waals surface area contributed by atoms with E-state index in [1.165, 1.54) is 6.08 Å². The standard InChI is InChI=1S/C33H31NO6PSi/c1-4-7-20-39-32(36)33(42,6-3)34-41(37,40-30-14-10-12-26-11-8-9-13-29(26)30)23-24-15-16-25-17-18-27(22-28(25)21-24)31(35)38-19-5-2/h3,5,8-18,21-22H,2,4,7,19-20,23H2,1H3,(H,34,37)/t33-,41?/m0/s1. The second kappa shape index (κ2) is 13.7. The zero-order chi connectivity index (χ0) is 30.2. The van der Waals surface area contributed by atoms with Crippen LogP contribution in [0.25, 0.3) is 21.5 Å². The molecule has 0 aliphatic carbocycles. The van der Waals surface area contributed by atoms with Crippen molar-refractivity contribution in [3.8, 4) is 18.1 Å². The molecule has 0 aromatic heterocycles. The first-order valence-electron chi connectivity index (χ1n) is 13.5. The lowest BCUT2D eigenvalue weighted by atomic mass is 10.0. The Hall–Kier alpha value is -4.15. The Bertz CT molecular complexity index is 1710. The van der Waals surface area contributed by atoms with Gasteiger partial charge in [-0.25, -0.2) is 14.7 Å². The van der Waals surface area contributed by atoms with Gasteiger partial charge in [-0.05, 0) is 46.3 Å². The van der Waals surface area contributed by atoms with Crippen molar-refractivity contribution >= 4 is 51.2 Å². The summed E-state index contributed by atoms with van der Waals surface area (Å²) in [6.45, 7) is 5.80. The fourth-order valence-electron chi connectivity index (χ4n) is 4.32. The first-order chi connectivity index (χ1) is 20.2. The minimum atomic E-state index is -3.97. The highest BCUT2D eigenvalue weighted by Gasteiger charge is 2.41. The minimum Gasteiger partial charge on any atom is -0.464 e. The summed E-state index contributed by atoms with van der Waals surface area (Å²) in [5.74, 6) is 1.44. The van der Waals surface area contributed by atoms with Crippen molar-refractivity contribution in [2.75, 3.05) is 13.2 Å². The number of ether oxygens (including phenoxy) is 2. The summed E-state index contributed by atoms with van der Waals surface area (Å²) in [6, 6.07) is 23.6. The molecular formula is C33H31NO6PSi. The second-order valence-corrected chi connectivity index (χ2v) is 12.5. The van der Waals surface area contributed by atoms with E-state index in [-0.39, 0.29) is 19.4 Å². The minimum absolute atomic E-state index is 0.0987. The van der Waals surface area contributed by atoms with Crippen LogP contribution in [0, 0.1) is 12.3 Å². The molecule has 0 fully saturated rings. The van der Waals surface area contributed by atoms with Gasteiger partial charge in [0.25, 0.3) is 0 Å². The number of esters is 2. The number of carbonyl (C=O) groups is 2. The smallest absolute Gasteiger partial charge is 0.338 e. The summed E-state index contributed by atoms with van der Waals surface area (Å²) in [5, 5.41) is 4.13. The first-order valence-corrected chi connectivity index (χ1v) is 15.8. The molecule has 4 aromatic rings. The molecule has 0 aliphatic heterocycles. The predicted octanol–water partition coefficient (Wildman–Crippen LogP) is 6.54. The molecule has 3 radical (unpaired) electrons. The van der Waals surface area contributed by atoms with Gasteiger partial charge in [-0.15, -0.1) is 6.42 Å². The van der Waals surface area contributed by atoms with E-state index in [2.05, 4.69) is 27.8 Å². The van der Waals surface area contributed by atoms with Crippen LogP contribution in [0.2, 0.25) is 0 Å². The van der Waals surface area contributed by atoms with Crippen molar-refractivity contribution in [1.29, 1.82) is 0 Å². The molecule has 0 saturated heterocycles. The number of benzene rings is 4. The molecule has 0 amide bonds. The summed E-state index contributed by atoms with van der Waals surface area (Å²) >= 11 is 0. The molecular weight excluding hydrogens is 565 g/mol. The van der Waals surface area contributed by atoms with E-state index in [0.717, 1.165) is 28.0 Å². The number of nitrogens with one attached hydrogen (secondary N) is 1. The van der Waals surface area contributed by atoms with Crippen LogP contribution >= 0.6 is 7.52 Å². The lowest BCUT2D eigenvalue weighted by molar-refractivity contribution is -0.145. The van der Waals surface area contributed by atoms with Crippen molar-refractivity contribution in [2.24, 2.45) is 0 Å². The van der Waals surface area contributed by atoms with E-state index in [9.17, 15) is 14.2 Å². The van der Waals surface area contributed by atoms with Gasteiger partial charge in [-0.3, -0.25) is 4.57 Å². The summed E-state index contributed by atoms with van der Waals surface area (Å²) in [6.07, 6.45) is 8.61. The Kier molecular flexibility index (Phi) is 10.0. The van der Waals surface area contributed by atoms with Gasteiger partial charge < -0.3 is 14.0 Å². The first kappa shape index (κ1) is 30.8. The highest BCUT2D eigenvalue weighted by atomic mass is 31.2. The number of unbranched alkanes of at least 4 members (excludes halogenated alkanes) is 1. The van der Waals surface area contributed by atoms with Crippen LogP contribution in [0.4, 0.5) is 0 Å². The lowest BCUT2D eigenvalue weighted by Crippen LogP contribution is -2.51. The SMILES string of the molecule is C#C[C@@]([Si])(NP(=O)(Cc1ccc2ccc(C(=O)OCC=C)cc2c1)Oc1cccc2ccccc12)C(=O)OCCCC. The lowest BCUT2D eigenvalue weighted by Gasteiger charge is -2.30. The molecule has 213 valence electrons. The molecule has 0 saturated carbocycles. The molecule has 0 bridgehead atoms. The molecule has 2 atom stereocenters. The van der Waals surface area contributed by atoms with Crippen molar-refractivity contribution in [3.05, 3.63) is 103 Å². The Morgan fingerprint density at radius 3 is 2.55 bits per heavy atom. The molecule has 4 aromatic carbocycles. The number of terminal acetylenes is 1. The third-order valence-electron chi connectivity index (χ3n) is 6.45. The van der Waals surface area contributed by atoms with Gasteiger partial charge in [-0.1, -0.05) is 92.6 Å². The Morgan fingerprint density at radius 1 is 1.02 bits per heavy atom. The van der Waals surface area contributed by atoms with Crippen molar-refractivity contribution in [2.45, 2.75) is 31.1 Å². The number of fused-ring (bicyclic) bond motifs is 2. The van der Waals surface area contributed by atoms with Crippen molar-refractivity contribution < 1.29 is 28.2 Å². The highest BCUT2D eigenvalue weighted by molar-refractivity contribution is 7.56. The van der Waals surface area contributed by atoms with Crippen LogP contribution in [0.1, 0.15) is 35.7 Å². The van der Waals surface area contributed by atoms with E-state index in [1.807, 2.05) is 61.5 Å². The van der Waals surface area contributed by atoms with Gasteiger partial charge in [0, 0.05) is 5.39 Å². The van der Waals surface area contributed by atoms with E-state index in [1.54, 1.807) is 24.3 Å². The highest BCUT2D eigenvalue weighted by Crippen LogP contribution is 2.49. The largest absolute Gasteiger partial charge is 0.464 e. The zero-order valence-corrected chi connectivity index (χ0v) is 25.2. The fraction of sp³-hybridized carbons (Fsp3) is 0.212. The Labute approximate surface area is 249 Å². The van der Waals surface area contributed by atoms with Crippen LogP contribution in [0.3, 0.4) is 0 Å². The van der Waals surface area contributed by atoms with Crippen LogP contribution in [-0.4, -0.2) is 40.6 Å². The number of hydrogen-bond donors (Lipinski definition) is 1. The van der Waals surface area contributed by atoms with Gasteiger partial charge in [0.15, 0.2) is 5.16 Å². The normalized spacial score (nSPS) is 13.8. The molecule has 1 N–H and O–H groups in total. The molecule has 42 heavy (non-hydrogen) atoms. The third-order valence-corrected chi connectivity index (χ3v) is 9.08.